The Morgan fingerprint density at radius 1 is 1.15 bits per heavy atom. The number of aromatic nitrogens is 2. The Hall–Kier alpha value is -1.41. The minimum atomic E-state index is -3.48. The summed E-state index contributed by atoms with van der Waals surface area (Å²) in [4.78, 5) is 2.64. The summed E-state index contributed by atoms with van der Waals surface area (Å²) in [5.74, 6) is 0. The Kier molecular flexibility index (Phi) is 6.02. The normalized spacial score (nSPS) is 16.9. The van der Waals surface area contributed by atoms with Crippen LogP contribution in [0, 0.1) is 13.8 Å². The lowest BCUT2D eigenvalue weighted by Gasteiger charge is -2.34. The second-order valence-corrected chi connectivity index (χ2v) is 8.99. The van der Waals surface area contributed by atoms with E-state index in [1.54, 1.807) is 18.2 Å². The number of H-pyrrole nitrogens is 1. The molecule has 0 unspecified atom stereocenters. The highest BCUT2D eigenvalue weighted by molar-refractivity contribution is 7.89. The third-order valence-electron chi connectivity index (χ3n) is 4.87. The minimum Gasteiger partial charge on any atom is -0.301 e. The van der Waals surface area contributed by atoms with E-state index in [2.05, 4.69) is 21.2 Å². The number of nitrogens with one attached hydrogen (secondary N) is 1. The van der Waals surface area contributed by atoms with E-state index in [0.29, 0.717) is 29.4 Å². The molecule has 2 heterocycles. The highest BCUT2D eigenvalue weighted by atomic mass is 35.5. The lowest BCUT2D eigenvalue weighted by Crippen LogP contribution is -2.48. The van der Waals surface area contributed by atoms with Gasteiger partial charge in [-0.3, -0.25) is 5.10 Å². The first-order valence-corrected chi connectivity index (χ1v) is 10.7. The fourth-order valence-electron chi connectivity index (χ4n) is 3.44. The number of hydrogen-bond donors (Lipinski definition) is 1. The molecule has 0 spiro atoms. The van der Waals surface area contributed by atoms with E-state index in [9.17, 15) is 8.42 Å². The van der Waals surface area contributed by atoms with E-state index in [0.717, 1.165) is 37.5 Å². The van der Waals surface area contributed by atoms with Crippen molar-refractivity contribution < 1.29 is 8.42 Å². The summed E-state index contributed by atoms with van der Waals surface area (Å²) in [5.41, 5.74) is 2.30. The zero-order chi connectivity index (χ0) is 18.7. The summed E-state index contributed by atoms with van der Waals surface area (Å²) < 4.78 is 27.3. The summed E-state index contributed by atoms with van der Waals surface area (Å²) in [6.45, 7) is 6.94. The lowest BCUT2D eigenvalue weighted by atomic mass is 10.1. The minimum absolute atomic E-state index is 0.324. The SMILES string of the molecule is Cc1n[nH]c(C)c1S(=O)(=O)N1CCN(CCCc2ccccc2Cl)CC1. The van der Waals surface area contributed by atoms with Crippen LogP contribution in [0.4, 0.5) is 0 Å². The maximum Gasteiger partial charge on any atom is 0.246 e. The first-order valence-electron chi connectivity index (χ1n) is 8.87. The summed E-state index contributed by atoms with van der Waals surface area (Å²) in [5, 5.41) is 7.59. The molecular formula is C18H25ClN4O2S. The maximum atomic E-state index is 12.9. The topological polar surface area (TPSA) is 69.3 Å². The van der Waals surface area contributed by atoms with Gasteiger partial charge in [-0.2, -0.15) is 9.40 Å². The Morgan fingerprint density at radius 3 is 2.46 bits per heavy atom. The van der Waals surface area contributed by atoms with Crippen LogP contribution in [-0.2, 0) is 16.4 Å². The third-order valence-corrected chi connectivity index (χ3v) is 7.40. The zero-order valence-electron chi connectivity index (χ0n) is 15.2. The monoisotopic (exact) mass is 396 g/mol. The molecule has 8 heteroatoms. The highest BCUT2D eigenvalue weighted by Crippen LogP contribution is 2.23. The molecule has 1 N–H and O–H groups in total. The van der Waals surface area contributed by atoms with Crippen LogP contribution in [0.3, 0.4) is 0 Å². The second kappa shape index (κ2) is 8.08. The van der Waals surface area contributed by atoms with Crippen molar-refractivity contribution in [3.63, 3.8) is 0 Å². The number of piperazine rings is 1. The van der Waals surface area contributed by atoms with Crippen LogP contribution in [0.1, 0.15) is 23.4 Å². The number of rotatable bonds is 6. The summed E-state index contributed by atoms with van der Waals surface area (Å²) in [7, 11) is -3.48. The van der Waals surface area contributed by atoms with Gasteiger partial charge in [0.2, 0.25) is 10.0 Å². The third kappa shape index (κ3) is 4.11. The van der Waals surface area contributed by atoms with Gasteiger partial charge in [0.15, 0.2) is 0 Å². The molecule has 1 aliphatic rings. The van der Waals surface area contributed by atoms with Gasteiger partial charge in [-0.15, -0.1) is 0 Å². The molecule has 1 aliphatic heterocycles. The fraction of sp³-hybridized carbons (Fsp3) is 0.500. The Labute approximate surface area is 160 Å². The zero-order valence-corrected chi connectivity index (χ0v) is 16.8. The molecule has 0 aliphatic carbocycles. The standard InChI is InChI=1S/C18H25ClN4O2S/c1-14-18(15(2)21-20-14)26(24,25)23-12-10-22(11-13-23)9-5-7-16-6-3-4-8-17(16)19/h3-4,6,8H,5,7,9-13H2,1-2H3,(H,20,21). The van der Waals surface area contributed by atoms with Crippen molar-refractivity contribution in [1.29, 1.82) is 0 Å². The average molecular weight is 397 g/mol. The number of benzene rings is 1. The van der Waals surface area contributed by atoms with Gasteiger partial charge in [-0.05, 0) is 44.9 Å². The van der Waals surface area contributed by atoms with Gasteiger partial charge in [0.1, 0.15) is 4.90 Å². The van der Waals surface area contributed by atoms with Crippen molar-refractivity contribution in [1.82, 2.24) is 19.4 Å². The smallest absolute Gasteiger partial charge is 0.246 e. The van der Waals surface area contributed by atoms with E-state index in [4.69, 9.17) is 11.6 Å². The molecule has 1 aromatic heterocycles. The van der Waals surface area contributed by atoms with Crippen LogP contribution in [-0.4, -0.2) is 60.5 Å². The predicted octanol–water partition coefficient (Wildman–Crippen LogP) is 2.62. The van der Waals surface area contributed by atoms with Crippen LogP contribution in [0.25, 0.3) is 0 Å². The number of halogens is 1. The Morgan fingerprint density at radius 2 is 1.85 bits per heavy atom. The molecule has 1 saturated heterocycles. The van der Waals surface area contributed by atoms with Gasteiger partial charge in [-0.25, -0.2) is 8.42 Å². The number of aromatic amines is 1. The van der Waals surface area contributed by atoms with Crippen molar-refractivity contribution in [3.8, 4) is 0 Å². The van der Waals surface area contributed by atoms with Crippen LogP contribution >= 0.6 is 11.6 Å². The number of nitrogens with zero attached hydrogens (tertiary/aromatic N) is 3. The summed E-state index contributed by atoms with van der Waals surface area (Å²) in [6, 6.07) is 7.92. The molecule has 0 amide bonds. The quantitative estimate of drug-likeness (QED) is 0.814. The molecule has 26 heavy (non-hydrogen) atoms. The van der Waals surface area contributed by atoms with Crippen molar-refractivity contribution in [3.05, 3.63) is 46.2 Å². The lowest BCUT2D eigenvalue weighted by molar-refractivity contribution is 0.186. The van der Waals surface area contributed by atoms with E-state index < -0.39 is 10.0 Å². The van der Waals surface area contributed by atoms with Crippen molar-refractivity contribution in [2.45, 2.75) is 31.6 Å². The molecule has 0 bridgehead atoms. The number of aryl methyl sites for hydroxylation is 3. The van der Waals surface area contributed by atoms with Crippen LogP contribution < -0.4 is 0 Å². The van der Waals surface area contributed by atoms with Crippen molar-refractivity contribution >= 4 is 21.6 Å². The molecular weight excluding hydrogens is 372 g/mol. The molecule has 0 saturated carbocycles. The van der Waals surface area contributed by atoms with E-state index in [1.807, 2.05) is 18.2 Å². The molecule has 0 atom stereocenters. The Bertz CT molecular complexity index is 838. The van der Waals surface area contributed by atoms with Gasteiger partial charge in [-0.1, -0.05) is 29.8 Å². The summed E-state index contributed by atoms with van der Waals surface area (Å²) >= 11 is 6.19. The first kappa shape index (κ1) is 19.4. The van der Waals surface area contributed by atoms with Gasteiger partial charge in [0.05, 0.1) is 11.4 Å². The Balaban J connectivity index is 1.52. The van der Waals surface area contributed by atoms with Gasteiger partial charge >= 0.3 is 0 Å². The molecule has 0 radical (unpaired) electrons. The first-order chi connectivity index (χ1) is 12.4. The fourth-order valence-corrected chi connectivity index (χ4v) is 5.42. The molecule has 1 aromatic carbocycles. The predicted molar refractivity (Wildman–Crippen MR) is 103 cm³/mol. The molecule has 142 valence electrons. The average Bonchev–Trinajstić information content (AvgIpc) is 2.96. The summed E-state index contributed by atoms with van der Waals surface area (Å²) in [6.07, 6.45) is 1.95. The molecule has 6 nitrogen and oxygen atoms in total. The highest BCUT2D eigenvalue weighted by Gasteiger charge is 2.32. The van der Waals surface area contributed by atoms with E-state index >= 15 is 0 Å². The molecule has 3 rings (SSSR count). The molecule has 2 aromatic rings. The second-order valence-electron chi connectivity index (χ2n) is 6.70. The van der Waals surface area contributed by atoms with Crippen LogP contribution in [0.2, 0.25) is 5.02 Å². The maximum absolute atomic E-state index is 12.9. The van der Waals surface area contributed by atoms with Crippen molar-refractivity contribution in [2.24, 2.45) is 0 Å². The molecule has 1 fully saturated rings. The largest absolute Gasteiger partial charge is 0.301 e. The van der Waals surface area contributed by atoms with E-state index in [-0.39, 0.29) is 0 Å². The van der Waals surface area contributed by atoms with Gasteiger partial charge in [0.25, 0.3) is 0 Å². The van der Waals surface area contributed by atoms with Gasteiger partial charge < -0.3 is 4.90 Å². The van der Waals surface area contributed by atoms with Crippen LogP contribution in [0.5, 0.6) is 0 Å². The van der Waals surface area contributed by atoms with E-state index in [1.165, 1.54) is 5.56 Å². The van der Waals surface area contributed by atoms with Crippen molar-refractivity contribution in [2.75, 3.05) is 32.7 Å². The number of sulfonamides is 1. The van der Waals surface area contributed by atoms with Gasteiger partial charge in [0, 0.05) is 31.2 Å². The number of hydrogen-bond acceptors (Lipinski definition) is 4. The van der Waals surface area contributed by atoms with Crippen LogP contribution in [0.15, 0.2) is 29.2 Å².